The van der Waals surface area contributed by atoms with Crippen molar-refractivity contribution in [1.29, 1.82) is 0 Å². The van der Waals surface area contributed by atoms with Crippen molar-refractivity contribution >= 4 is 5.91 Å². The summed E-state index contributed by atoms with van der Waals surface area (Å²) >= 11 is 0. The highest BCUT2D eigenvalue weighted by Crippen LogP contribution is 2.19. The number of amides is 1. The first-order chi connectivity index (χ1) is 7.80. The Labute approximate surface area is 94.7 Å². The molecule has 0 bridgehead atoms. The number of aryl methyl sites for hydroxylation is 1. The Kier molecular flexibility index (Phi) is 4.00. The van der Waals surface area contributed by atoms with Crippen LogP contribution in [0.15, 0.2) is 12.4 Å². The van der Waals surface area contributed by atoms with Gasteiger partial charge in [-0.05, 0) is 6.92 Å². The number of nitrogens with zero attached hydrogens (tertiary/aromatic N) is 2. The Morgan fingerprint density at radius 2 is 2.12 bits per heavy atom. The number of halogens is 3. The van der Waals surface area contributed by atoms with Gasteiger partial charge in [0.1, 0.15) is 5.69 Å². The van der Waals surface area contributed by atoms with Crippen molar-refractivity contribution in [2.45, 2.75) is 19.2 Å². The van der Waals surface area contributed by atoms with Crippen LogP contribution in [0, 0.1) is 6.92 Å². The van der Waals surface area contributed by atoms with Crippen LogP contribution in [0.4, 0.5) is 13.2 Å². The third-order valence-corrected chi connectivity index (χ3v) is 1.85. The Morgan fingerprint density at radius 1 is 1.47 bits per heavy atom. The van der Waals surface area contributed by atoms with Crippen molar-refractivity contribution in [2.75, 3.05) is 6.54 Å². The summed E-state index contributed by atoms with van der Waals surface area (Å²) in [4.78, 5) is 18.7. The zero-order valence-corrected chi connectivity index (χ0v) is 8.82. The van der Waals surface area contributed by atoms with Crippen LogP contribution in [0.5, 0.6) is 0 Å². The first kappa shape index (κ1) is 13.4. The van der Waals surface area contributed by atoms with E-state index in [1.807, 2.05) is 5.32 Å². The highest BCUT2D eigenvalue weighted by atomic mass is 19.4. The quantitative estimate of drug-likeness (QED) is 0.815. The van der Waals surface area contributed by atoms with Crippen LogP contribution in [-0.4, -0.2) is 39.8 Å². The van der Waals surface area contributed by atoms with Crippen LogP contribution in [0.2, 0.25) is 0 Å². The Morgan fingerprint density at radius 3 is 2.59 bits per heavy atom. The molecule has 0 aromatic carbocycles. The van der Waals surface area contributed by atoms with Gasteiger partial charge in [-0.25, -0.2) is 4.98 Å². The minimum atomic E-state index is -4.76. The summed E-state index contributed by atoms with van der Waals surface area (Å²) in [6.45, 7) is 0.736. The minimum absolute atomic E-state index is 0.107. The lowest BCUT2D eigenvalue weighted by atomic mass is 10.3. The van der Waals surface area contributed by atoms with Crippen molar-refractivity contribution in [2.24, 2.45) is 0 Å². The Hall–Kier alpha value is -1.70. The van der Waals surface area contributed by atoms with Crippen LogP contribution < -0.4 is 5.32 Å². The average Bonchev–Trinajstić information content (AvgIpc) is 2.25. The summed E-state index contributed by atoms with van der Waals surface area (Å²) in [6, 6.07) is 0. The molecule has 5 nitrogen and oxygen atoms in total. The number of rotatable bonds is 3. The van der Waals surface area contributed by atoms with E-state index in [1.165, 1.54) is 6.20 Å². The number of carbonyl (C=O) groups is 1. The maximum Gasteiger partial charge on any atom is 0.416 e. The number of aromatic nitrogens is 2. The van der Waals surface area contributed by atoms with Crippen LogP contribution >= 0.6 is 0 Å². The fourth-order valence-corrected chi connectivity index (χ4v) is 0.906. The van der Waals surface area contributed by atoms with Crippen LogP contribution in [0.1, 0.15) is 16.2 Å². The molecule has 0 fully saturated rings. The van der Waals surface area contributed by atoms with Gasteiger partial charge >= 0.3 is 6.18 Å². The molecule has 1 aromatic heterocycles. The number of carbonyl (C=O) groups excluding carboxylic acids is 1. The molecule has 1 unspecified atom stereocenters. The second-order valence-electron chi connectivity index (χ2n) is 3.31. The SMILES string of the molecule is Cc1cnc(C(=O)NCC(O)C(F)(F)F)cn1. The second kappa shape index (κ2) is 5.09. The maximum atomic E-state index is 11.9. The average molecular weight is 249 g/mol. The van der Waals surface area contributed by atoms with E-state index in [1.54, 1.807) is 6.92 Å². The predicted octanol–water partition coefficient (Wildman–Crippen LogP) is 0.438. The van der Waals surface area contributed by atoms with E-state index < -0.39 is 24.7 Å². The Balaban J connectivity index is 2.53. The van der Waals surface area contributed by atoms with Crippen molar-refractivity contribution in [3.63, 3.8) is 0 Å². The number of aliphatic hydroxyl groups excluding tert-OH is 1. The molecule has 0 spiro atoms. The predicted molar refractivity (Wildman–Crippen MR) is 51.2 cm³/mol. The number of nitrogens with one attached hydrogen (secondary N) is 1. The molecule has 0 aliphatic heterocycles. The molecular formula is C9H10F3N3O2. The van der Waals surface area contributed by atoms with Crippen LogP contribution in [0.25, 0.3) is 0 Å². The molecule has 1 heterocycles. The molecule has 8 heteroatoms. The molecule has 0 saturated carbocycles. The number of hydrogen-bond donors (Lipinski definition) is 2. The molecule has 1 aromatic rings. The Bertz CT molecular complexity index is 391. The summed E-state index contributed by atoms with van der Waals surface area (Å²) in [6.07, 6.45) is -4.89. The van der Waals surface area contributed by atoms with Gasteiger partial charge in [-0.15, -0.1) is 0 Å². The third-order valence-electron chi connectivity index (χ3n) is 1.85. The summed E-state index contributed by atoms with van der Waals surface area (Å²) in [5.41, 5.74) is 0.474. The lowest BCUT2D eigenvalue weighted by Gasteiger charge is -2.14. The van der Waals surface area contributed by atoms with Gasteiger partial charge in [0.25, 0.3) is 5.91 Å². The van der Waals surface area contributed by atoms with E-state index >= 15 is 0 Å². The molecule has 0 aliphatic carbocycles. The highest BCUT2D eigenvalue weighted by molar-refractivity contribution is 5.91. The van der Waals surface area contributed by atoms with Gasteiger partial charge in [0.2, 0.25) is 0 Å². The van der Waals surface area contributed by atoms with Crippen molar-refractivity contribution in [1.82, 2.24) is 15.3 Å². The summed E-state index contributed by atoms with van der Waals surface area (Å²) < 4.78 is 35.8. The fourth-order valence-electron chi connectivity index (χ4n) is 0.906. The molecule has 0 saturated heterocycles. The van der Waals surface area contributed by atoms with E-state index in [-0.39, 0.29) is 5.69 Å². The van der Waals surface area contributed by atoms with Gasteiger partial charge in [-0.2, -0.15) is 13.2 Å². The van der Waals surface area contributed by atoms with E-state index in [0.717, 1.165) is 6.20 Å². The second-order valence-corrected chi connectivity index (χ2v) is 3.31. The monoisotopic (exact) mass is 249 g/mol. The lowest BCUT2D eigenvalue weighted by Crippen LogP contribution is -2.40. The van der Waals surface area contributed by atoms with Gasteiger partial charge in [0.15, 0.2) is 6.10 Å². The van der Waals surface area contributed by atoms with Crippen LogP contribution in [-0.2, 0) is 0 Å². The minimum Gasteiger partial charge on any atom is -0.382 e. The summed E-state index contributed by atoms with van der Waals surface area (Å²) in [5, 5.41) is 10.6. The van der Waals surface area contributed by atoms with E-state index in [2.05, 4.69) is 9.97 Å². The fraction of sp³-hybridized carbons (Fsp3) is 0.444. The molecule has 17 heavy (non-hydrogen) atoms. The number of alkyl halides is 3. The summed E-state index contributed by atoms with van der Waals surface area (Å²) in [7, 11) is 0. The first-order valence-electron chi connectivity index (χ1n) is 4.62. The molecule has 1 atom stereocenters. The van der Waals surface area contributed by atoms with Gasteiger partial charge in [0.05, 0.1) is 18.4 Å². The van der Waals surface area contributed by atoms with Crippen molar-refractivity contribution in [3.05, 3.63) is 23.8 Å². The number of hydrogen-bond acceptors (Lipinski definition) is 4. The molecule has 1 rings (SSSR count). The molecular weight excluding hydrogens is 239 g/mol. The third kappa shape index (κ3) is 3.99. The zero-order chi connectivity index (χ0) is 13.1. The van der Waals surface area contributed by atoms with Crippen LogP contribution in [0.3, 0.4) is 0 Å². The standard InChI is InChI=1S/C9H10F3N3O2/c1-5-2-14-6(3-13-5)8(17)15-4-7(16)9(10,11)12/h2-3,7,16H,4H2,1H3,(H,15,17). The molecule has 0 radical (unpaired) electrons. The molecule has 1 amide bonds. The van der Waals surface area contributed by atoms with E-state index in [4.69, 9.17) is 5.11 Å². The van der Waals surface area contributed by atoms with Crippen molar-refractivity contribution < 1.29 is 23.1 Å². The molecule has 94 valence electrons. The van der Waals surface area contributed by atoms with E-state index in [9.17, 15) is 18.0 Å². The lowest BCUT2D eigenvalue weighted by molar-refractivity contribution is -0.201. The normalized spacial score (nSPS) is 13.2. The van der Waals surface area contributed by atoms with Gasteiger partial charge < -0.3 is 10.4 Å². The van der Waals surface area contributed by atoms with Gasteiger partial charge in [0, 0.05) is 6.20 Å². The van der Waals surface area contributed by atoms with E-state index in [0.29, 0.717) is 5.69 Å². The van der Waals surface area contributed by atoms with Gasteiger partial charge in [-0.1, -0.05) is 0 Å². The number of aliphatic hydroxyl groups is 1. The summed E-state index contributed by atoms with van der Waals surface area (Å²) in [5.74, 6) is -0.819. The maximum absolute atomic E-state index is 11.9. The zero-order valence-electron chi connectivity index (χ0n) is 8.82. The molecule has 2 N–H and O–H groups in total. The van der Waals surface area contributed by atoms with Gasteiger partial charge in [-0.3, -0.25) is 9.78 Å². The highest BCUT2D eigenvalue weighted by Gasteiger charge is 2.38. The first-order valence-corrected chi connectivity index (χ1v) is 4.62. The topological polar surface area (TPSA) is 75.1 Å². The smallest absolute Gasteiger partial charge is 0.382 e. The molecule has 0 aliphatic rings. The largest absolute Gasteiger partial charge is 0.416 e. The van der Waals surface area contributed by atoms with Crippen molar-refractivity contribution in [3.8, 4) is 0 Å².